The maximum Gasteiger partial charge on any atom is 0.419 e. The zero-order chi connectivity index (χ0) is 21.6. The molecule has 1 aromatic carbocycles. The Labute approximate surface area is 171 Å². The first kappa shape index (κ1) is 20.2. The van der Waals surface area contributed by atoms with Crippen LogP contribution in [0.25, 0.3) is 22.2 Å². The molecule has 6 nitrogen and oxygen atoms in total. The van der Waals surface area contributed by atoms with E-state index in [-0.39, 0.29) is 22.8 Å². The molecule has 13 heteroatoms. The third-order valence-corrected chi connectivity index (χ3v) is 5.88. The van der Waals surface area contributed by atoms with Crippen LogP contribution < -0.4 is 10.9 Å². The van der Waals surface area contributed by atoms with Crippen LogP contribution >= 0.6 is 22.7 Å². The maximum atomic E-state index is 14.1. The van der Waals surface area contributed by atoms with E-state index in [1.54, 1.807) is 5.38 Å². The molecular formula is C17H9F5N4O2S2. The van der Waals surface area contributed by atoms with Crippen LogP contribution in [0, 0.1) is 11.6 Å². The molecule has 0 saturated carbocycles. The standard InChI is InChI=1S/C17H9F5N4O2S2/c18-13-6(1-2-7(14(13)19)17(20,21)22)8-4-30-16(23-8)24-11(27)3-10-12-9(5-29-10)25-26-15(12)28/h1-2,4-5,25H,3H2,(H,26,28)(H,23,24,27). The normalized spacial score (nSPS) is 11.9. The minimum Gasteiger partial charge on any atom is -0.302 e. The number of nitrogens with zero attached hydrogens (tertiary/aromatic N) is 1. The van der Waals surface area contributed by atoms with Gasteiger partial charge in [0.05, 0.1) is 28.6 Å². The van der Waals surface area contributed by atoms with Crippen LogP contribution in [0.3, 0.4) is 0 Å². The van der Waals surface area contributed by atoms with Crippen LogP contribution in [-0.4, -0.2) is 21.1 Å². The number of nitrogens with one attached hydrogen (secondary N) is 3. The van der Waals surface area contributed by atoms with E-state index < -0.39 is 34.8 Å². The zero-order valence-corrected chi connectivity index (χ0v) is 16.1. The van der Waals surface area contributed by atoms with Gasteiger partial charge in [-0.15, -0.1) is 22.7 Å². The van der Waals surface area contributed by atoms with E-state index in [1.165, 1.54) is 16.7 Å². The Morgan fingerprint density at radius 3 is 2.60 bits per heavy atom. The number of thiophene rings is 1. The Kier molecular flexibility index (Phi) is 4.94. The third kappa shape index (κ3) is 3.61. The minimum absolute atomic E-state index is 0.0467. The average Bonchev–Trinajstić information content (AvgIpc) is 3.36. The lowest BCUT2D eigenvalue weighted by molar-refractivity contribution is -0.140. The lowest BCUT2D eigenvalue weighted by atomic mass is 10.1. The number of hydrogen-bond acceptors (Lipinski definition) is 5. The van der Waals surface area contributed by atoms with Crippen molar-refractivity contribution in [3.8, 4) is 11.3 Å². The monoisotopic (exact) mass is 460 g/mol. The summed E-state index contributed by atoms with van der Waals surface area (Å²) in [5, 5.41) is 10.9. The topological polar surface area (TPSA) is 90.6 Å². The molecule has 0 aliphatic heterocycles. The van der Waals surface area contributed by atoms with Gasteiger partial charge in [-0.1, -0.05) is 0 Å². The van der Waals surface area contributed by atoms with E-state index >= 15 is 0 Å². The summed E-state index contributed by atoms with van der Waals surface area (Å²) in [5.74, 6) is -4.20. The fourth-order valence-corrected chi connectivity index (χ4v) is 4.48. The summed E-state index contributed by atoms with van der Waals surface area (Å²) >= 11 is 2.11. The summed E-state index contributed by atoms with van der Waals surface area (Å²) in [6, 6.07) is 1.21. The van der Waals surface area contributed by atoms with E-state index in [0.717, 1.165) is 17.4 Å². The number of carbonyl (C=O) groups is 1. The van der Waals surface area contributed by atoms with Gasteiger partial charge in [0, 0.05) is 21.2 Å². The van der Waals surface area contributed by atoms with E-state index in [0.29, 0.717) is 21.8 Å². The van der Waals surface area contributed by atoms with Gasteiger partial charge in [-0.25, -0.2) is 13.8 Å². The second-order valence-corrected chi connectivity index (χ2v) is 7.90. The fraction of sp³-hybridized carbons (Fsp3) is 0.118. The molecule has 0 fully saturated rings. The van der Waals surface area contributed by atoms with Crippen LogP contribution in [0.5, 0.6) is 0 Å². The molecular weight excluding hydrogens is 451 g/mol. The van der Waals surface area contributed by atoms with Crippen LogP contribution in [0.4, 0.5) is 27.1 Å². The molecule has 156 valence electrons. The summed E-state index contributed by atoms with van der Waals surface area (Å²) < 4.78 is 65.9. The highest BCUT2D eigenvalue weighted by molar-refractivity contribution is 7.14. The molecule has 0 bridgehead atoms. The van der Waals surface area contributed by atoms with Crippen molar-refractivity contribution in [2.24, 2.45) is 0 Å². The number of fused-ring (bicyclic) bond motifs is 1. The number of benzene rings is 1. The quantitative estimate of drug-likeness (QED) is 0.391. The Hall–Kier alpha value is -3.06. The number of hydrogen-bond donors (Lipinski definition) is 3. The summed E-state index contributed by atoms with van der Waals surface area (Å²) in [4.78, 5) is 28.5. The van der Waals surface area contributed by atoms with Crippen LogP contribution in [0.2, 0.25) is 0 Å². The van der Waals surface area contributed by atoms with Crippen molar-refractivity contribution < 1.29 is 26.7 Å². The molecule has 1 amide bonds. The van der Waals surface area contributed by atoms with Crippen molar-refractivity contribution >= 4 is 44.6 Å². The number of anilines is 1. The molecule has 0 atom stereocenters. The predicted octanol–water partition coefficient (Wildman–Crippen LogP) is 4.52. The SMILES string of the molecule is O=C(Cc1scc2[nH][nH]c(=O)c12)Nc1nc(-c2ccc(C(F)(F)F)c(F)c2F)cs1. The number of aromatic amines is 2. The van der Waals surface area contributed by atoms with Gasteiger partial charge < -0.3 is 5.32 Å². The molecule has 4 rings (SSSR count). The van der Waals surface area contributed by atoms with Crippen molar-refractivity contribution in [2.45, 2.75) is 12.6 Å². The molecule has 3 heterocycles. The van der Waals surface area contributed by atoms with Gasteiger partial charge in [-0.2, -0.15) is 13.2 Å². The highest BCUT2D eigenvalue weighted by Crippen LogP contribution is 2.36. The van der Waals surface area contributed by atoms with Gasteiger partial charge in [0.15, 0.2) is 16.8 Å². The van der Waals surface area contributed by atoms with E-state index in [9.17, 15) is 31.5 Å². The van der Waals surface area contributed by atoms with Crippen molar-refractivity contribution in [1.29, 1.82) is 0 Å². The van der Waals surface area contributed by atoms with Gasteiger partial charge in [-0.05, 0) is 12.1 Å². The predicted molar refractivity (Wildman–Crippen MR) is 102 cm³/mol. The largest absolute Gasteiger partial charge is 0.419 e. The van der Waals surface area contributed by atoms with E-state index in [1.807, 2.05) is 0 Å². The second kappa shape index (κ2) is 7.32. The lowest BCUT2D eigenvalue weighted by Gasteiger charge is -2.10. The molecule has 0 aliphatic rings. The number of alkyl halides is 3. The molecule has 0 unspecified atom stereocenters. The number of amides is 1. The molecule has 0 aliphatic carbocycles. The Morgan fingerprint density at radius 1 is 1.10 bits per heavy atom. The number of halogens is 5. The Bertz CT molecular complexity index is 1320. The molecule has 0 saturated heterocycles. The zero-order valence-electron chi connectivity index (χ0n) is 14.5. The van der Waals surface area contributed by atoms with Crippen LogP contribution in [0.15, 0.2) is 27.7 Å². The number of rotatable bonds is 4. The summed E-state index contributed by atoms with van der Waals surface area (Å²) in [7, 11) is 0. The average molecular weight is 460 g/mol. The fourth-order valence-electron chi connectivity index (χ4n) is 2.79. The summed E-state index contributed by atoms with van der Waals surface area (Å²) in [6.07, 6.45) is -5.15. The molecule has 3 aromatic heterocycles. The molecule has 0 radical (unpaired) electrons. The highest BCUT2D eigenvalue weighted by atomic mass is 32.1. The van der Waals surface area contributed by atoms with Crippen molar-refractivity contribution in [1.82, 2.24) is 15.2 Å². The number of carbonyl (C=O) groups excluding carboxylic acids is 1. The van der Waals surface area contributed by atoms with Gasteiger partial charge in [0.1, 0.15) is 0 Å². The number of aromatic nitrogens is 3. The van der Waals surface area contributed by atoms with Crippen LogP contribution in [0.1, 0.15) is 10.4 Å². The first-order valence-electron chi connectivity index (χ1n) is 8.13. The minimum atomic E-state index is -5.03. The van der Waals surface area contributed by atoms with Gasteiger partial charge in [0.25, 0.3) is 5.56 Å². The molecule has 30 heavy (non-hydrogen) atoms. The second-order valence-electron chi connectivity index (χ2n) is 6.08. The third-order valence-electron chi connectivity index (χ3n) is 4.14. The van der Waals surface area contributed by atoms with Crippen molar-refractivity contribution in [2.75, 3.05) is 5.32 Å². The number of H-pyrrole nitrogens is 2. The van der Waals surface area contributed by atoms with Crippen molar-refractivity contribution in [3.63, 3.8) is 0 Å². The van der Waals surface area contributed by atoms with Gasteiger partial charge in [0.2, 0.25) is 5.91 Å². The molecule has 4 aromatic rings. The first-order valence-corrected chi connectivity index (χ1v) is 9.88. The molecule has 0 spiro atoms. The Balaban J connectivity index is 1.53. The highest BCUT2D eigenvalue weighted by Gasteiger charge is 2.36. The van der Waals surface area contributed by atoms with Gasteiger partial charge >= 0.3 is 6.18 Å². The van der Waals surface area contributed by atoms with Gasteiger partial charge in [-0.3, -0.25) is 19.8 Å². The summed E-state index contributed by atoms with van der Waals surface area (Å²) in [5.41, 5.74) is -2.08. The summed E-state index contributed by atoms with van der Waals surface area (Å²) in [6.45, 7) is 0. The lowest BCUT2D eigenvalue weighted by Crippen LogP contribution is -2.14. The van der Waals surface area contributed by atoms with E-state index in [2.05, 4.69) is 20.5 Å². The number of thiazole rings is 1. The Morgan fingerprint density at radius 2 is 1.87 bits per heavy atom. The van der Waals surface area contributed by atoms with E-state index in [4.69, 9.17) is 0 Å². The van der Waals surface area contributed by atoms with Crippen LogP contribution in [-0.2, 0) is 17.4 Å². The first-order chi connectivity index (χ1) is 14.1. The smallest absolute Gasteiger partial charge is 0.302 e. The van der Waals surface area contributed by atoms with Crippen molar-refractivity contribution in [3.05, 3.63) is 55.3 Å². The molecule has 3 N–H and O–H groups in total. The maximum absolute atomic E-state index is 14.1.